The van der Waals surface area contributed by atoms with Gasteiger partial charge in [-0.2, -0.15) is 0 Å². The summed E-state index contributed by atoms with van der Waals surface area (Å²) in [5.41, 5.74) is 0.578. The van der Waals surface area contributed by atoms with E-state index in [0.717, 1.165) is 25.2 Å². The van der Waals surface area contributed by atoms with Crippen LogP contribution in [0.3, 0.4) is 0 Å². The Morgan fingerprint density at radius 2 is 1.83 bits per heavy atom. The van der Waals surface area contributed by atoms with Crippen molar-refractivity contribution in [3.63, 3.8) is 0 Å². The SMILES string of the molecule is C=CCOC(=O)C12CC3CC(C)(CC(C)(C3)C1)C2. The molecule has 4 aliphatic carbocycles. The third-order valence-electron chi connectivity index (χ3n) is 5.39. The Balaban J connectivity index is 1.89. The van der Waals surface area contributed by atoms with Gasteiger partial charge in [0.25, 0.3) is 0 Å². The van der Waals surface area contributed by atoms with Crippen LogP contribution in [0.5, 0.6) is 0 Å². The topological polar surface area (TPSA) is 26.3 Å². The molecule has 4 rings (SSSR count). The molecule has 0 aromatic rings. The lowest BCUT2D eigenvalue weighted by molar-refractivity contribution is -0.190. The van der Waals surface area contributed by atoms with Crippen LogP contribution in [0.15, 0.2) is 12.7 Å². The first kappa shape index (κ1) is 12.3. The van der Waals surface area contributed by atoms with Crippen molar-refractivity contribution in [2.24, 2.45) is 22.2 Å². The summed E-state index contributed by atoms with van der Waals surface area (Å²) in [4.78, 5) is 12.5. The minimum absolute atomic E-state index is 0.0453. The Kier molecular flexibility index (Phi) is 2.46. The van der Waals surface area contributed by atoms with Crippen molar-refractivity contribution in [2.45, 2.75) is 52.4 Å². The van der Waals surface area contributed by atoms with Crippen LogP contribution in [0.25, 0.3) is 0 Å². The third kappa shape index (κ3) is 1.72. The molecule has 2 nitrogen and oxygen atoms in total. The van der Waals surface area contributed by atoms with Crippen LogP contribution in [0.4, 0.5) is 0 Å². The van der Waals surface area contributed by atoms with E-state index < -0.39 is 0 Å². The third-order valence-corrected chi connectivity index (χ3v) is 5.39. The van der Waals surface area contributed by atoms with E-state index in [0.29, 0.717) is 17.4 Å². The lowest BCUT2D eigenvalue weighted by Gasteiger charge is -2.64. The molecule has 0 amide bonds. The average molecular weight is 248 g/mol. The van der Waals surface area contributed by atoms with Crippen molar-refractivity contribution in [1.82, 2.24) is 0 Å². The van der Waals surface area contributed by atoms with Gasteiger partial charge in [-0.25, -0.2) is 0 Å². The second kappa shape index (κ2) is 3.61. The van der Waals surface area contributed by atoms with Crippen molar-refractivity contribution in [3.05, 3.63) is 12.7 Å². The van der Waals surface area contributed by atoms with Gasteiger partial charge >= 0.3 is 5.97 Å². The summed E-state index contributed by atoms with van der Waals surface area (Å²) in [6.07, 6.45) is 8.76. The van der Waals surface area contributed by atoms with Crippen LogP contribution in [0, 0.1) is 22.2 Å². The molecular formula is C16H24O2. The molecule has 4 fully saturated rings. The van der Waals surface area contributed by atoms with Crippen LogP contribution in [-0.4, -0.2) is 12.6 Å². The molecule has 2 atom stereocenters. The predicted octanol–water partition coefficient (Wildman–Crippen LogP) is 3.71. The number of hydrogen-bond acceptors (Lipinski definition) is 2. The van der Waals surface area contributed by atoms with Gasteiger partial charge in [-0.05, 0) is 55.3 Å². The molecule has 4 saturated carbocycles. The molecule has 0 heterocycles. The smallest absolute Gasteiger partial charge is 0.312 e. The van der Waals surface area contributed by atoms with E-state index >= 15 is 0 Å². The normalized spacial score (nSPS) is 49.1. The second-order valence-electron chi connectivity index (χ2n) is 7.80. The highest BCUT2D eigenvalue weighted by Crippen LogP contribution is 2.69. The number of carbonyl (C=O) groups excluding carboxylic acids is 1. The maximum absolute atomic E-state index is 12.5. The zero-order chi connectivity index (χ0) is 13.0. The van der Waals surface area contributed by atoms with Gasteiger partial charge in [0.1, 0.15) is 6.61 Å². The zero-order valence-electron chi connectivity index (χ0n) is 11.6. The molecule has 2 heteroatoms. The van der Waals surface area contributed by atoms with Crippen LogP contribution < -0.4 is 0 Å². The Morgan fingerprint density at radius 3 is 2.33 bits per heavy atom. The van der Waals surface area contributed by atoms with Crippen LogP contribution in [0.1, 0.15) is 52.4 Å². The Bertz CT molecular complexity index is 380. The molecule has 0 saturated heterocycles. The molecule has 4 bridgehead atoms. The molecule has 4 aliphatic rings. The maximum atomic E-state index is 12.5. The summed E-state index contributed by atoms with van der Waals surface area (Å²) in [5, 5.41) is 0. The lowest BCUT2D eigenvalue weighted by atomic mass is 9.40. The molecule has 0 radical (unpaired) electrons. The summed E-state index contributed by atoms with van der Waals surface area (Å²) in [6.45, 7) is 8.75. The highest BCUT2D eigenvalue weighted by Gasteiger charge is 2.63. The average Bonchev–Trinajstić information content (AvgIpc) is 2.20. The molecule has 0 aliphatic heterocycles. The van der Waals surface area contributed by atoms with Gasteiger partial charge in [-0.3, -0.25) is 4.79 Å². The van der Waals surface area contributed by atoms with Gasteiger partial charge < -0.3 is 4.74 Å². The Labute approximate surface area is 110 Å². The van der Waals surface area contributed by atoms with Crippen molar-refractivity contribution in [2.75, 3.05) is 6.61 Å². The van der Waals surface area contributed by atoms with Crippen molar-refractivity contribution < 1.29 is 9.53 Å². The number of rotatable bonds is 3. The highest BCUT2D eigenvalue weighted by molar-refractivity contribution is 5.78. The predicted molar refractivity (Wildman–Crippen MR) is 71.0 cm³/mol. The molecule has 0 aromatic carbocycles. The van der Waals surface area contributed by atoms with Gasteiger partial charge in [-0.15, -0.1) is 0 Å². The molecule has 2 unspecified atom stereocenters. The van der Waals surface area contributed by atoms with E-state index in [1.807, 2.05) is 0 Å². The van der Waals surface area contributed by atoms with Gasteiger partial charge in [0.05, 0.1) is 5.41 Å². The van der Waals surface area contributed by atoms with Gasteiger partial charge in [0.15, 0.2) is 0 Å². The molecular weight excluding hydrogens is 224 g/mol. The quantitative estimate of drug-likeness (QED) is 0.562. The van der Waals surface area contributed by atoms with E-state index in [-0.39, 0.29) is 11.4 Å². The van der Waals surface area contributed by atoms with Gasteiger partial charge in [0, 0.05) is 0 Å². The minimum Gasteiger partial charge on any atom is -0.461 e. The summed E-state index contributed by atoms with van der Waals surface area (Å²) in [5.74, 6) is 0.788. The van der Waals surface area contributed by atoms with E-state index in [1.165, 1.54) is 19.3 Å². The molecule has 0 spiro atoms. The van der Waals surface area contributed by atoms with Crippen molar-refractivity contribution in [3.8, 4) is 0 Å². The van der Waals surface area contributed by atoms with E-state index in [1.54, 1.807) is 6.08 Å². The van der Waals surface area contributed by atoms with Gasteiger partial charge in [0.2, 0.25) is 0 Å². The minimum atomic E-state index is -0.175. The number of carbonyl (C=O) groups is 1. The Morgan fingerprint density at radius 1 is 1.22 bits per heavy atom. The number of hydrogen-bond donors (Lipinski definition) is 0. The van der Waals surface area contributed by atoms with Crippen molar-refractivity contribution in [1.29, 1.82) is 0 Å². The second-order valence-corrected chi connectivity index (χ2v) is 7.80. The molecule has 18 heavy (non-hydrogen) atoms. The summed E-state index contributed by atoms with van der Waals surface area (Å²) >= 11 is 0. The largest absolute Gasteiger partial charge is 0.461 e. The monoisotopic (exact) mass is 248 g/mol. The van der Waals surface area contributed by atoms with Gasteiger partial charge in [-0.1, -0.05) is 26.5 Å². The van der Waals surface area contributed by atoms with E-state index in [9.17, 15) is 4.79 Å². The molecule has 0 aromatic heterocycles. The van der Waals surface area contributed by atoms with Crippen LogP contribution in [-0.2, 0) is 9.53 Å². The fourth-order valence-corrected chi connectivity index (χ4v) is 5.96. The summed E-state index contributed by atoms with van der Waals surface area (Å²) in [6, 6.07) is 0. The van der Waals surface area contributed by atoms with Crippen LogP contribution in [0.2, 0.25) is 0 Å². The van der Waals surface area contributed by atoms with E-state index in [2.05, 4.69) is 20.4 Å². The lowest BCUT2D eigenvalue weighted by Crippen LogP contribution is -2.58. The summed E-state index contributed by atoms with van der Waals surface area (Å²) < 4.78 is 5.41. The molecule has 0 N–H and O–H groups in total. The Hall–Kier alpha value is -0.790. The van der Waals surface area contributed by atoms with Crippen molar-refractivity contribution >= 4 is 5.97 Å². The maximum Gasteiger partial charge on any atom is 0.312 e. The van der Waals surface area contributed by atoms with E-state index in [4.69, 9.17) is 4.74 Å². The first-order valence-corrected chi connectivity index (χ1v) is 7.17. The van der Waals surface area contributed by atoms with Crippen LogP contribution >= 0.6 is 0 Å². The molecule has 100 valence electrons. The first-order valence-electron chi connectivity index (χ1n) is 7.17. The first-order chi connectivity index (χ1) is 8.39. The highest BCUT2D eigenvalue weighted by atomic mass is 16.5. The zero-order valence-corrected chi connectivity index (χ0v) is 11.6. The summed E-state index contributed by atoms with van der Waals surface area (Å²) in [7, 11) is 0. The number of ether oxygens (including phenoxy) is 1. The fourth-order valence-electron chi connectivity index (χ4n) is 5.96. The standard InChI is InChI=1S/C16H24O2/c1-4-5-18-13(17)16-8-12-6-14(2,10-16)9-15(3,7-12)11-16/h4,12H,1,5-11H2,2-3H3. The fraction of sp³-hybridized carbons (Fsp3) is 0.812. The number of esters is 1.